The van der Waals surface area contributed by atoms with Gasteiger partial charge < -0.3 is 15.0 Å². The van der Waals surface area contributed by atoms with Crippen LogP contribution in [0.2, 0.25) is 0 Å². The third-order valence-electron chi connectivity index (χ3n) is 5.14. The van der Waals surface area contributed by atoms with E-state index in [9.17, 15) is 14.0 Å². The molecule has 0 spiro atoms. The molecule has 5 nitrogen and oxygen atoms in total. The zero-order valence-electron chi connectivity index (χ0n) is 19.8. The van der Waals surface area contributed by atoms with E-state index in [1.54, 1.807) is 4.90 Å². The van der Waals surface area contributed by atoms with Crippen molar-refractivity contribution in [2.75, 3.05) is 6.61 Å². The van der Waals surface area contributed by atoms with Crippen molar-refractivity contribution in [2.24, 2.45) is 0 Å². The van der Waals surface area contributed by atoms with E-state index in [1.807, 2.05) is 81.4 Å². The van der Waals surface area contributed by atoms with Crippen LogP contribution in [0.25, 0.3) is 0 Å². The average molecular weight is 463 g/mol. The van der Waals surface area contributed by atoms with E-state index in [-0.39, 0.29) is 30.8 Å². The number of amides is 2. The molecule has 34 heavy (non-hydrogen) atoms. The molecular formula is C28H31FN2O3. The minimum absolute atomic E-state index is 0.234. The lowest BCUT2D eigenvalue weighted by Crippen LogP contribution is -2.55. The largest absolute Gasteiger partial charge is 0.484 e. The van der Waals surface area contributed by atoms with Crippen LogP contribution in [0.3, 0.4) is 0 Å². The second-order valence-corrected chi connectivity index (χ2v) is 9.19. The highest BCUT2D eigenvalue weighted by Crippen LogP contribution is 2.17. The van der Waals surface area contributed by atoms with Crippen LogP contribution >= 0.6 is 0 Å². The number of nitrogens with zero attached hydrogens (tertiary/aromatic N) is 1. The van der Waals surface area contributed by atoms with Gasteiger partial charge in [-0.2, -0.15) is 0 Å². The van der Waals surface area contributed by atoms with Gasteiger partial charge in [0.05, 0.1) is 0 Å². The first-order valence-corrected chi connectivity index (χ1v) is 11.3. The van der Waals surface area contributed by atoms with Gasteiger partial charge in [0, 0.05) is 18.5 Å². The molecule has 1 atom stereocenters. The van der Waals surface area contributed by atoms with Crippen LogP contribution in [0.15, 0.2) is 84.9 Å². The maximum Gasteiger partial charge on any atom is 0.261 e. The van der Waals surface area contributed by atoms with E-state index in [2.05, 4.69) is 5.32 Å². The summed E-state index contributed by atoms with van der Waals surface area (Å²) in [6, 6.07) is 23.9. The van der Waals surface area contributed by atoms with Gasteiger partial charge in [-0.1, -0.05) is 60.7 Å². The zero-order chi connectivity index (χ0) is 24.6. The van der Waals surface area contributed by atoms with Crippen molar-refractivity contribution in [1.82, 2.24) is 10.2 Å². The molecule has 0 aliphatic heterocycles. The normalized spacial score (nSPS) is 12.0. The fraction of sp³-hybridized carbons (Fsp3) is 0.286. The predicted molar refractivity (Wildman–Crippen MR) is 131 cm³/mol. The number of hydrogen-bond donors (Lipinski definition) is 1. The monoisotopic (exact) mass is 462 g/mol. The zero-order valence-corrected chi connectivity index (χ0v) is 19.8. The van der Waals surface area contributed by atoms with E-state index in [0.29, 0.717) is 12.2 Å². The SMILES string of the molecule is CC(C)(C)NC(=O)[C@@H](Cc1ccccc1)N(Cc1ccccc1)C(=O)COc1ccc(F)cc1. The van der Waals surface area contributed by atoms with E-state index in [4.69, 9.17) is 4.74 Å². The smallest absolute Gasteiger partial charge is 0.261 e. The van der Waals surface area contributed by atoms with Crippen LogP contribution in [0.4, 0.5) is 4.39 Å². The number of rotatable bonds is 9. The van der Waals surface area contributed by atoms with Gasteiger partial charge in [-0.3, -0.25) is 9.59 Å². The number of benzene rings is 3. The highest BCUT2D eigenvalue weighted by atomic mass is 19.1. The molecule has 0 unspecified atom stereocenters. The number of carbonyl (C=O) groups excluding carboxylic acids is 2. The van der Waals surface area contributed by atoms with Crippen LogP contribution in [-0.2, 0) is 22.6 Å². The van der Waals surface area contributed by atoms with Crippen LogP contribution in [0.1, 0.15) is 31.9 Å². The highest BCUT2D eigenvalue weighted by molar-refractivity contribution is 5.89. The summed E-state index contributed by atoms with van der Waals surface area (Å²) in [6.45, 7) is 5.70. The van der Waals surface area contributed by atoms with E-state index in [1.165, 1.54) is 24.3 Å². The van der Waals surface area contributed by atoms with Gasteiger partial charge in [0.15, 0.2) is 6.61 Å². The Morgan fingerprint density at radius 1 is 0.882 bits per heavy atom. The van der Waals surface area contributed by atoms with E-state index >= 15 is 0 Å². The topological polar surface area (TPSA) is 58.6 Å². The fourth-order valence-electron chi connectivity index (χ4n) is 3.55. The molecule has 0 radical (unpaired) electrons. The molecule has 0 aromatic heterocycles. The van der Waals surface area contributed by atoms with Gasteiger partial charge in [-0.15, -0.1) is 0 Å². The maximum absolute atomic E-state index is 13.4. The van der Waals surface area contributed by atoms with Crippen molar-refractivity contribution in [2.45, 2.75) is 45.3 Å². The maximum atomic E-state index is 13.4. The summed E-state index contributed by atoms with van der Waals surface area (Å²) in [5.41, 5.74) is 1.39. The van der Waals surface area contributed by atoms with Crippen molar-refractivity contribution in [3.05, 3.63) is 102 Å². The summed E-state index contributed by atoms with van der Waals surface area (Å²) in [5, 5.41) is 3.03. The first-order valence-electron chi connectivity index (χ1n) is 11.3. The number of ether oxygens (including phenoxy) is 1. The Morgan fingerprint density at radius 3 is 2.00 bits per heavy atom. The standard InChI is InChI=1S/C28H31FN2O3/c1-28(2,3)30-27(33)25(18-21-10-6-4-7-11-21)31(19-22-12-8-5-9-13-22)26(32)20-34-24-16-14-23(29)15-17-24/h4-17,25H,18-20H2,1-3H3,(H,30,33)/t25-/m1/s1. The Morgan fingerprint density at radius 2 is 1.44 bits per heavy atom. The molecule has 6 heteroatoms. The fourth-order valence-corrected chi connectivity index (χ4v) is 3.55. The van der Waals surface area contributed by atoms with Crippen LogP contribution in [0, 0.1) is 5.82 Å². The van der Waals surface area contributed by atoms with Crippen LogP contribution < -0.4 is 10.1 Å². The molecule has 0 aliphatic carbocycles. The number of halogens is 1. The summed E-state index contributed by atoms with van der Waals surface area (Å²) in [6.07, 6.45) is 0.359. The lowest BCUT2D eigenvalue weighted by Gasteiger charge is -2.33. The lowest BCUT2D eigenvalue weighted by molar-refractivity contribution is -0.143. The molecule has 178 valence electrons. The van der Waals surface area contributed by atoms with E-state index in [0.717, 1.165) is 11.1 Å². The Labute approximate surface area is 200 Å². The predicted octanol–water partition coefficient (Wildman–Crippen LogP) is 4.76. The van der Waals surface area contributed by atoms with Crippen molar-refractivity contribution >= 4 is 11.8 Å². The number of carbonyl (C=O) groups is 2. The summed E-state index contributed by atoms with van der Waals surface area (Å²) >= 11 is 0. The molecule has 3 aromatic carbocycles. The summed E-state index contributed by atoms with van der Waals surface area (Å²) in [4.78, 5) is 28.4. The first kappa shape index (κ1) is 25.0. The Hall–Kier alpha value is -3.67. The number of nitrogens with one attached hydrogen (secondary N) is 1. The summed E-state index contributed by atoms with van der Waals surface area (Å²) < 4.78 is 18.9. The molecule has 0 bridgehead atoms. The van der Waals surface area contributed by atoms with Crippen molar-refractivity contribution in [3.8, 4) is 5.75 Å². The molecule has 2 amide bonds. The second kappa shape index (κ2) is 11.5. The molecular weight excluding hydrogens is 431 g/mol. The third kappa shape index (κ3) is 7.73. The van der Waals surface area contributed by atoms with Crippen molar-refractivity contribution in [3.63, 3.8) is 0 Å². The van der Waals surface area contributed by atoms with Gasteiger partial charge in [0.1, 0.15) is 17.6 Å². The van der Waals surface area contributed by atoms with Crippen LogP contribution in [0.5, 0.6) is 5.75 Å². The molecule has 0 saturated heterocycles. The van der Waals surface area contributed by atoms with Gasteiger partial charge in [0.2, 0.25) is 5.91 Å². The van der Waals surface area contributed by atoms with Gasteiger partial charge >= 0.3 is 0 Å². The molecule has 0 saturated carbocycles. The van der Waals surface area contributed by atoms with E-state index < -0.39 is 11.6 Å². The Kier molecular flexibility index (Phi) is 8.41. The molecule has 0 heterocycles. The second-order valence-electron chi connectivity index (χ2n) is 9.19. The molecule has 0 fully saturated rings. The molecule has 3 aromatic rings. The summed E-state index contributed by atoms with van der Waals surface area (Å²) in [5.74, 6) is -0.570. The lowest BCUT2D eigenvalue weighted by atomic mass is 10.0. The third-order valence-corrected chi connectivity index (χ3v) is 5.14. The minimum Gasteiger partial charge on any atom is -0.484 e. The minimum atomic E-state index is -0.744. The Balaban J connectivity index is 1.89. The van der Waals surface area contributed by atoms with Gasteiger partial charge in [-0.05, 0) is 56.2 Å². The first-order chi connectivity index (χ1) is 16.2. The van der Waals surface area contributed by atoms with Gasteiger partial charge in [-0.25, -0.2) is 4.39 Å². The van der Waals surface area contributed by atoms with Crippen molar-refractivity contribution in [1.29, 1.82) is 0 Å². The van der Waals surface area contributed by atoms with Gasteiger partial charge in [0.25, 0.3) is 5.91 Å². The summed E-state index contributed by atoms with van der Waals surface area (Å²) in [7, 11) is 0. The Bertz CT molecular complexity index is 1060. The van der Waals surface area contributed by atoms with Crippen LogP contribution in [-0.4, -0.2) is 34.9 Å². The molecule has 1 N–H and O–H groups in total. The highest BCUT2D eigenvalue weighted by Gasteiger charge is 2.32. The molecule has 0 aliphatic rings. The quantitative estimate of drug-likeness (QED) is 0.499. The van der Waals surface area contributed by atoms with Crippen molar-refractivity contribution < 1.29 is 18.7 Å². The average Bonchev–Trinajstić information content (AvgIpc) is 2.81. The molecule has 3 rings (SSSR count). The number of hydrogen-bond acceptors (Lipinski definition) is 3.